The monoisotopic (exact) mass is 222 g/mol. The van der Waals surface area contributed by atoms with Gasteiger partial charge in [0.05, 0.1) is 11.5 Å². The smallest absolute Gasteiger partial charge is 0.269 e. The lowest BCUT2D eigenvalue weighted by atomic mass is 9.92. The molecule has 16 heavy (non-hydrogen) atoms. The van der Waals surface area contributed by atoms with Gasteiger partial charge in [-0.15, -0.1) is 0 Å². The van der Waals surface area contributed by atoms with E-state index in [1.165, 1.54) is 6.07 Å². The van der Waals surface area contributed by atoms with Crippen molar-refractivity contribution in [2.24, 2.45) is 5.90 Å². The maximum atomic E-state index is 10.7. The van der Waals surface area contributed by atoms with E-state index < -0.39 is 0 Å². The Morgan fingerprint density at radius 3 is 2.75 bits per heavy atom. The van der Waals surface area contributed by atoms with Crippen LogP contribution in [0.3, 0.4) is 0 Å². The molecule has 1 saturated carbocycles. The van der Waals surface area contributed by atoms with Gasteiger partial charge in [-0.05, 0) is 30.9 Å². The first-order chi connectivity index (χ1) is 7.59. The topological polar surface area (TPSA) is 78.4 Å². The Labute approximate surface area is 93.3 Å². The number of hydrogen-bond acceptors (Lipinski definition) is 4. The standard InChI is InChI=1S/C11H14N2O3/c1-8-2-3-9(13(14)15)6-10(8)11(4-5-11)7-16-12/h2-3,6H,4-5,7,12H2,1H3. The van der Waals surface area contributed by atoms with E-state index in [0.29, 0.717) is 6.61 Å². The van der Waals surface area contributed by atoms with Crippen molar-refractivity contribution in [1.29, 1.82) is 0 Å². The van der Waals surface area contributed by atoms with Gasteiger partial charge in [-0.1, -0.05) is 6.07 Å². The lowest BCUT2D eigenvalue weighted by Crippen LogP contribution is -2.19. The average Bonchev–Trinajstić information content (AvgIpc) is 2.99. The molecule has 0 unspecified atom stereocenters. The second kappa shape index (κ2) is 3.84. The molecule has 5 heteroatoms. The molecule has 0 aliphatic heterocycles. The minimum Gasteiger partial charge on any atom is -0.304 e. The summed E-state index contributed by atoms with van der Waals surface area (Å²) in [6.45, 7) is 2.38. The fourth-order valence-corrected chi connectivity index (χ4v) is 2.10. The summed E-state index contributed by atoms with van der Waals surface area (Å²) in [6, 6.07) is 4.95. The molecule has 0 aromatic heterocycles. The van der Waals surface area contributed by atoms with Crippen LogP contribution in [0.5, 0.6) is 0 Å². The molecule has 1 aromatic rings. The second-order valence-electron chi connectivity index (χ2n) is 4.35. The normalized spacial score (nSPS) is 17.1. The van der Waals surface area contributed by atoms with Crippen molar-refractivity contribution in [3.8, 4) is 0 Å². The lowest BCUT2D eigenvalue weighted by molar-refractivity contribution is -0.385. The van der Waals surface area contributed by atoms with Crippen molar-refractivity contribution in [3.63, 3.8) is 0 Å². The first kappa shape index (κ1) is 11.0. The highest BCUT2D eigenvalue weighted by atomic mass is 16.6. The predicted octanol–water partition coefficient (Wildman–Crippen LogP) is 1.83. The van der Waals surface area contributed by atoms with Gasteiger partial charge < -0.3 is 4.84 Å². The van der Waals surface area contributed by atoms with Crippen molar-refractivity contribution in [2.75, 3.05) is 6.61 Å². The summed E-state index contributed by atoms with van der Waals surface area (Å²) in [5.74, 6) is 5.11. The summed E-state index contributed by atoms with van der Waals surface area (Å²) in [5, 5.41) is 10.7. The summed E-state index contributed by atoms with van der Waals surface area (Å²) in [7, 11) is 0. The molecule has 1 aliphatic rings. The summed E-state index contributed by atoms with van der Waals surface area (Å²) in [6.07, 6.45) is 1.96. The maximum absolute atomic E-state index is 10.7. The third-order valence-corrected chi connectivity index (χ3v) is 3.22. The Morgan fingerprint density at radius 2 is 2.25 bits per heavy atom. The molecule has 0 bridgehead atoms. The van der Waals surface area contributed by atoms with Crippen molar-refractivity contribution in [1.82, 2.24) is 0 Å². The van der Waals surface area contributed by atoms with Gasteiger partial charge in [-0.25, -0.2) is 5.90 Å². The van der Waals surface area contributed by atoms with Crippen LogP contribution in [0.4, 0.5) is 5.69 Å². The van der Waals surface area contributed by atoms with Crippen LogP contribution in [0.1, 0.15) is 24.0 Å². The molecule has 1 aliphatic carbocycles. The van der Waals surface area contributed by atoms with E-state index in [4.69, 9.17) is 10.7 Å². The van der Waals surface area contributed by atoms with Crippen LogP contribution in [0, 0.1) is 17.0 Å². The summed E-state index contributed by atoms with van der Waals surface area (Å²) in [4.78, 5) is 15.1. The molecule has 2 N–H and O–H groups in total. The Morgan fingerprint density at radius 1 is 1.56 bits per heavy atom. The Balaban J connectivity index is 2.40. The molecule has 0 spiro atoms. The van der Waals surface area contributed by atoms with E-state index in [9.17, 15) is 10.1 Å². The minimum absolute atomic E-state index is 0.0924. The molecule has 1 aromatic carbocycles. The van der Waals surface area contributed by atoms with Gasteiger partial charge in [0, 0.05) is 17.5 Å². The second-order valence-corrected chi connectivity index (χ2v) is 4.35. The highest BCUT2D eigenvalue weighted by molar-refractivity contribution is 5.46. The number of nitro benzene ring substituents is 1. The quantitative estimate of drug-likeness (QED) is 0.622. The number of rotatable bonds is 4. The number of hydrogen-bond donors (Lipinski definition) is 1. The third-order valence-electron chi connectivity index (χ3n) is 3.22. The van der Waals surface area contributed by atoms with Gasteiger partial charge in [0.2, 0.25) is 0 Å². The zero-order chi connectivity index (χ0) is 11.8. The van der Waals surface area contributed by atoms with Crippen molar-refractivity contribution in [2.45, 2.75) is 25.2 Å². The zero-order valence-corrected chi connectivity index (χ0v) is 9.10. The molecule has 0 heterocycles. The lowest BCUT2D eigenvalue weighted by Gasteiger charge is -2.16. The molecule has 0 atom stereocenters. The van der Waals surface area contributed by atoms with E-state index in [0.717, 1.165) is 24.0 Å². The molecular weight excluding hydrogens is 208 g/mol. The van der Waals surface area contributed by atoms with Crippen LogP contribution in [0.2, 0.25) is 0 Å². The van der Waals surface area contributed by atoms with E-state index in [1.807, 2.05) is 6.92 Å². The molecular formula is C11H14N2O3. The van der Waals surface area contributed by atoms with Crippen LogP contribution in [0.15, 0.2) is 18.2 Å². The van der Waals surface area contributed by atoms with E-state index >= 15 is 0 Å². The fraction of sp³-hybridized carbons (Fsp3) is 0.455. The molecule has 0 saturated heterocycles. The highest BCUT2D eigenvalue weighted by Crippen LogP contribution is 2.49. The van der Waals surface area contributed by atoms with Crippen LogP contribution in [-0.2, 0) is 10.3 Å². The molecule has 0 amide bonds. The maximum Gasteiger partial charge on any atom is 0.269 e. The van der Waals surface area contributed by atoms with Gasteiger partial charge in [-0.2, -0.15) is 0 Å². The number of aryl methyl sites for hydroxylation is 1. The summed E-state index contributed by atoms with van der Waals surface area (Å²) in [5.41, 5.74) is 2.08. The number of benzene rings is 1. The average molecular weight is 222 g/mol. The number of nitrogens with two attached hydrogens (primary N) is 1. The van der Waals surface area contributed by atoms with Gasteiger partial charge in [0.1, 0.15) is 0 Å². The number of nitrogens with zero attached hydrogens (tertiary/aromatic N) is 1. The molecule has 86 valence electrons. The molecule has 5 nitrogen and oxygen atoms in total. The Hall–Kier alpha value is -1.46. The zero-order valence-electron chi connectivity index (χ0n) is 9.10. The highest BCUT2D eigenvalue weighted by Gasteiger charge is 2.46. The Kier molecular flexibility index (Phi) is 2.65. The van der Waals surface area contributed by atoms with Crippen molar-refractivity contribution >= 4 is 5.69 Å². The summed E-state index contributed by atoms with van der Waals surface area (Å²) < 4.78 is 0. The summed E-state index contributed by atoms with van der Waals surface area (Å²) >= 11 is 0. The predicted molar refractivity (Wildman–Crippen MR) is 58.9 cm³/mol. The number of nitro groups is 1. The first-order valence-electron chi connectivity index (χ1n) is 5.16. The van der Waals surface area contributed by atoms with Crippen molar-refractivity contribution in [3.05, 3.63) is 39.4 Å². The van der Waals surface area contributed by atoms with E-state index in [-0.39, 0.29) is 16.0 Å². The van der Waals surface area contributed by atoms with Crippen molar-refractivity contribution < 1.29 is 9.76 Å². The van der Waals surface area contributed by atoms with Gasteiger partial charge in [0.25, 0.3) is 5.69 Å². The van der Waals surface area contributed by atoms with Crippen LogP contribution in [-0.4, -0.2) is 11.5 Å². The first-order valence-corrected chi connectivity index (χ1v) is 5.16. The van der Waals surface area contributed by atoms with Gasteiger partial charge in [0.15, 0.2) is 0 Å². The largest absolute Gasteiger partial charge is 0.304 e. The van der Waals surface area contributed by atoms with Gasteiger partial charge >= 0.3 is 0 Å². The van der Waals surface area contributed by atoms with Crippen LogP contribution in [0.25, 0.3) is 0 Å². The number of non-ortho nitro benzene ring substituents is 1. The third kappa shape index (κ3) is 1.79. The SMILES string of the molecule is Cc1ccc([N+](=O)[O-])cc1C1(CON)CC1. The van der Waals surface area contributed by atoms with Crippen LogP contribution < -0.4 is 5.90 Å². The van der Waals surface area contributed by atoms with E-state index in [2.05, 4.69) is 0 Å². The Bertz CT molecular complexity index is 427. The fourth-order valence-electron chi connectivity index (χ4n) is 2.10. The van der Waals surface area contributed by atoms with Gasteiger partial charge in [-0.3, -0.25) is 10.1 Å². The molecule has 2 rings (SSSR count). The van der Waals surface area contributed by atoms with Crippen LogP contribution >= 0.6 is 0 Å². The van der Waals surface area contributed by atoms with E-state index in [1.54, 1.807) is 12.1 Å². The minimum atomic E-state index is -0.373. The molecule has 1 fully saturated rings. The molecule has 0 radical (unpaired) electrons.